The van der Waals surface area contributed by atoms with Crippen LogP contribution in [0, 0.1) is 2.88 Å². The highest BCUT2D eigenvalue weighted by Crippen LogP contribution is 2.26. The first-order chi connectivity index (χ1) is 7.29. The number of halogens is 1. The minimum Gasteiger partial charge on any atom is -0.439 e. The van der Waals surface area contributed by atoms with Gasteiger partial charge in [0, 0.05) is 10.9 Å². The molecular weight excluding hydrogens is 323 g/mol. The zero-order chi connectivity index (χ0) is 10.7. The smallest absolute Gasteiger partial charge is 0.208 e. The van der Waals surface area contributed by atoms with Crippen molar-refractivity contribution in [3.63, 3.8) is 0 Å². The van der Waals surface area contributed by atoms with Crippen LogP contribution in [0.25, 0.3) is 11.3 Å². The van der Waals surface area contributed by atoms with E-state index in [1.165, 1.54) is 2.88 Å². The third kappa shape index (κ3) is 2.79. The van der Waals surface area contributed by atoms with Crippen LogP contribution in [0.4, 0.5) is 0 Å². The van der Waals surface area contributed by atoms with E-state index in [-0.39, 0.29) is 0 Å². The average Bonchev–Trinajstić information content (AvgIpc) is 2.83. The standard InChI is InChI=1S/C10H11IN2OS/c1-2-12-5-10-13-4-8(14-10)7-3-9(11)15-6-7/h3-4,6,12H,2,5H2,1H3. The van der Waals surface area contributed by atoms with Crippen LogP contribution in [0.5, 0.6) is 0 Å². The highest BCUT2D eigenvalue weighted by atomic mass is 127. The van der Waals surface area contributed by atoms with E-state index in [0.29, 0.717) is 6.54 Å². The maximum absolute atomic E-state index is 5.61. The summed E-state index contributed by atoms with van der Waals surface area (Å²) in [5.74, 6) is 1.59. The summed E-state index contributed by atoms with van der Waals surface area (Å²) in [5, 5.41) is 5.26. The first-order valence-electron chi connectivity index (χ1n) is 4.69. The molecule has 0 aliphatic carbocycles. The van der Waals surface area contributed by atoms with Crippen molar-refractivity contribution in [2.24, 2.45) is 0 Å². The molecule has 0 aliphatic rings. The van der Waals surface area contributed by atoms with Gasteiger partial charge in [-0.15, -0.1) is 11.3 Å². The highest BCUT2D eigenvalue weighted by molar-refractivity contribution is 14.1. The van der Waals surface area contributed by atoms with Crippen LogP contribution in [0.3, 0.4) is 0 Å². The third-order valence-corrected chi connectivity index (χ3v) is 3.72. The van der Waals surface area contributed by atoms with Crippen LogP contribution < -0.4 is 5.32 Å². The predicted molar refractivity (Wildman–Crippen MR) is 69.9 cm³/mol. The molecule has 2 rings (SSSR count). The summed E-state index contributed by atoms with van der Waals surface area (Å²) in [6.07, 6.45) is 1.78. The van der Waals surface area contributed by atoms with Crippen LogP contribution >= 0.6 is 33.9 Å². The number of rotatable bonds is 4. The van der Waals surface area contributed by atoms with E-state index in [4.69, 9.17) is 4.42 Å². The molecule has 0 bridgehead atoms. The van der Waals surface area contributed by atoms with Crippen molar-refractivity contribution >= 4 is 33.9 Å². The molecule has 3 nitrogen and oxygen atoms in total. The third-order valence-electron chi connectivity index (χ3n) is 1.93. The Labute approximate surface area is 106 Å². The maximum Gasteiger partial charge on any atom is 0.208 e. The number of oxazole rings is 1. The Hall–Kier alpha value is -0.400. The fraction of sp³-hybridized carbons (Fsp3) is 0.300. The van der Waals surface area contributed by atoms with Crippen molar-refractivity contribution in [2.75, 3.05) is 6.54 Å². The van der Waals surface area contributed by atoms with Crippen molar-refractivity contribution < 1.29 is 4.42 Å². The van der Waals surface area contributed by atoms with Gasteiger partial charge < -0.3 is 9.73 Å². The molecule has 5 heteroatoms. The quantitative estimate of drug-likeness (QED) is 0.873. The van der Waals surface area contributed by atoms with E-state index in [2.05, 4.69) is 51.3 Å². The van der Waals surface area contributed by atoms with Gasteiger partial charge in [0.25, 0.3) is 0 Å². The highest BCUT2D eigenvalue weighted by Gasteiger charge is 2.07. The summed E-state index contributed by atoms with van der Waals surface area (Å²) < 4.78 is 6.87. The fourth-order valence-corrected chi connectivity index (χ4v) is 2.53. The normalized spacial score (nSPS) is 10.8. The van der Waals surface area contributed by atoms with E-state index < -0.39 is 0 Å². The molecule has 0 unspecified atom stereocenters. The molecular formula is C10H11IN2OS. The van der Waals surface area contributed by atoms with E-state index >= 15 is 0 Å². The van der Waals surface area contributed by atoms with Gasteiger partial charge in [0.2, 0.25) is 5.89 Å². The molecule has 0 saturated heterocycles. The van der Waals surface area contributed by atoms with Crippen molar-refractivity contribution in [3.8, 4) is 11.3 Å². The van der Waals surface area contributed by atoms with Gasteiger partial charge in [-0.1, -0.05) is 6.92 Å². The summed E-state index contributed by atoms with van der Waals surface area (Å²) in [4.78, 5) is 4.21. The van der Waals surface area contributed by atoms with Crippen molar-refractivity contribution in [1.82, 2.24) is 10.3 Å². The van der Waals surface area contributed by atoms with Crippen LogP contribution in [-0.4, -0.2) is 11.5 Å². The maximum atomic E-state index is 5.61. The van der Waals surface area contributed by atoms with Crippen LogP contribution in [0.1, 0.15) is 12.8 Å². The van der Waals surface area contributed by atoms with Gasteiger partial charge in [0.1, 0.15) is 0 Å². The number of aromatic nitrogens is 1. The molecule has 2 aromatic heterocycles. The van der Waals surface area contributed by atoms with Crippen LogP contribution in [0.2, 0.25) is 0 Å². The number of hydrogen-bond donors (Lipinski definition) is 1. The van der Waals surface area contributed by atoms with E-state index in [9.17, 15) is 0 Å². The summed E-state index contributed by atoms with van der Waals surface area (Å²) in [6.45, 7) is 3.68. The zero-order valence-electron chi connectivity index (χ0n) is 8.29. The SMILES string of the molecule is CCNCc1ncc(-c2csc(I)c2)o1. The van der Waals surface area contributed by atoms with Gasteiger partial charge in [-0.25, -0.2) is 4.98 Å². The summed E-state index contributed by atoms with van der Waals surface area (Å²) in [7, 11) is 0. The Morgan fingerprint density at radius 2 is 2.47 bits per heavy atom. The largest absolute Gasteiger partial charge is 0.439 e. The van der Waals surface area contributed by atoms with E-state index in [1.54, 1.807) is 17.5 Å². The first kappa shape index (κ1) is 11.1. The lowest BCUT2D eigenvalue weighted by atomic mass is 10.3. The Morgan fingerprint density at radius 1 is 1.60 bits per heavy atom. The van der Waals surface area contributed by atoms with Crippen molar-refractivity contribution in [1.29, 1.82) is 0 Å². The fourth-order valence-electron chi connectivity index (χ4n) is 1.20. The molecule has 0 amide bonds. The topological polar surface area (TPSA) is 38.1 Å². The molecule has 0 atom stereocenters. The van der Waals surface area contributed by atoms with Gasteiger partial charge in [0.05, 0.1) is 15.6 Å². The van der Waals surface area contributed by atoms with Crippen molar-refractivity contribution in [3.05, 3.63) is 26.4 Å². The lowest BCUT2D eigenvalue weighted by Gasteiger charge is -1.94. The molecule has 15 heavy (non-hydrogen) atoms. The Morgan fingerprint density at radius 3 is 3.13 bits per heavy atom. The first-order valence-corrected chi connectivity index (χ1v) is 6.65. The van der Waals surface area contributed by atoms with Crippen LogP contribution in [-0.2, 0) is 6.54 Å². The second-order valence-electron chi connectivity index (χ2n) is 3.04. The van der Waals surface area contributed by atoms with Crippen LogP contribution in [0.15, 0.2) is 22.1 Å². The lowest BCUT2D eigenvalue weighted by Crippen LogP contribution is -2.11. The average molecular weight is 334 g/mol. The zero-order valence-corrected chi connectivity index (χ0v) is 11.3. The molecule has 1 N–H and O–H groups in total. The van der Waals surface area contributed by atoms with Gasteiger partial charge in [-0.2, -0.15) is 0 Å². The van der Waals surface area contributed by atoms with Gasteiger partial charge in [0.15, 0.2) is 5.76 Å². The Bertz CT molecular complexity index is 438. The second kappa shape index (κ2) is 5.09. The molecule has 2 aromatic rings. The number of hydrogen-bond acceptors (Lipinski definition) is 4. The predicted octanol–water partition coefficient (Wildman–Crippen LogP) is 3.12. The van der Waals surface area contributed by atoms with E-state index in [1.807, 2.05) is 0 Å². The Kier molecular flexibility index (Phi) is 3.76. The molecule has 0 saturated carbocycles. The van der Waals surface area contributed by atoms with Gasteiger partial charge in [-0.3, -0.25) is 0 Å². The molecule has 2 heterocycles. The second-order valence-corrected chi connectivity index (χ2v) is 5.84. The Balaban J connectivity index is 2.13. The number of nitrogens with one attached hydrogen (secondary N) is 1. The monoisotopic (exact) mass is 334 g/mol. The van der Waals surface area contributed by atoms with E-state index in [0.717, 1.165) is 23.8 Å². The number of nitrogens with zero attached hydrogens (tertiary/aromatic N) is 1. The lowest BCUT2D eigenvalue weighted by molar-refractivity contribution is 0.482. The molecule has 0 fully saturated rings. The molecule has 0 radical (unpaired) electrons. The minimum atomic E-state index is 0.692. The number of thiophene rings is 1. The molecule has 80 valence electrons. The summed E-state index contributed by atoms with van der Waals surface area (Å²) in [6, 6.07) is 2.10. The molecule has 0 aliphatic heterocycles. The molecule has 0 aromatic carbocycles. The van der Waals surface area contributed by atoms with Gasteiger partial charge >= 0.3 is 0 Å². The minimum absolute atomic E-state index is 0.692. The van der Waals surface area contributed by atoms with Gasteiger partial charge in [-0.05, 0) is 35.2 Å². The van der Waals surface area contributed by atoms with Crippen molar-refractivity contribution in [2.45, 2.75) is 13.5 Å². The summed E-state index contributed by atoms with van der Waals surface area (Å²) in [5.41, 5.74) is 1.11. The summed E-state index contributed by atoms with van der Waals surface area (Å²) >= 11 is 4.01. The molecule has 0 spiro atoms.